The fourth-order valence-corrected chi connectivity index (χ4v) is 4.19. The fourth-order valence-electron chi connectivity index (χ4n) is 2.53. The third-order valence-electron chi connectivity index (χ3n) is 3.63. The highest BCUT2D eigenvalue weighted by Gasteiger charge is 2.43. The van der Waals surface area contributed by atoms with Gasteiger partial charge >= 0.3 is 0 Å². The number of rotatable bonds is 2. The van der Waals surface area contributed by atoms with Gasteiger partial charge in [-0.05, 0) is 26.7 Å². The van der Waals surface area contributed by atoms with E-state index >= 15 is 0 Å². The Morgan fingerprint density at radius 1 is 1.12 bits per heavy atom. The molecule has 1 spiro atoms. The standard InChI is InChI=1S/C11H20O4S/c1-9(2)16(12,13)10-3-5-11(6-4-10)14-7-8-15-11/h9-10H,3-8H2,1-2H3. The van der Waals surface area contributed by atoms with Gasteiger partial charge in [0.1, 0.15) is 0 Å². The molecule has 5 heteroatoms. The van der Waals surface area contributed by atoms with E-state index in [1.165, 1.54) is 0 Å². The zero-order chi connectivity index (χ0) is 11.8. The Bertz CT molecular complexity index is 331. The lowest BCUT2D eigenvalue weighted by atomic mass is 9.94. The second-order valence-corrected chi connectivity index (χ2v) is 7.73. The zero-order valence-electron chi connectivity index (χ0n) is 9.94. The molecule has 0 N–H and O–H groups in total. The quantitative estimate of drug-likeness (QED) is 0.743. The van der Waals surface area contributed by atoms with Crippen LogP contribution < -0.4 is 0 Å². The summed E-state index contributed by atoms with van der Waals surface area (Å²) < 4.78 is 35.2. The maximum absolute atomic E-state index is 12.0. The summed E-state index contributed by atoms with van der Waals surface area (Å²) in [6, 6.07) is 0. The van der Waals surface area contributed by atoms with E-state index in [9.17, 15) is 8.42 Å². The predicted molar refractivity (Wildman–Crippen MR) is 60.9 cm³/mol. The van der Waals surface area contributed by atoms with Crippen LogP contribution in [-0.2, 0) is 19.3 Å². The molecule has 0 aromatic carbocycles. The molecule has 2 fully saturated rings. The van der Waals surface area contributed by atoms with Crippen molar-refractivity contribution in [2.45, 2.75) is 55.8 Å². The second-order valence-electron chi connectivity index (χ2n) is 4.94. The topological polar surface area (TPSA) is 52.6 Å². The minimum atomic E-state index is -2.96. The van der Waals surface area contributed by atoms with Gasteiger partial charge in [0.05, 0.1) is 23.7 Å². The largest absolute Gasteiger partial charge is 0.348 e. The molecule has 1 saturated heterocycles. The van der Waals surface area contributed by atoms with E-state index in [1.54, 1.807) is 13.8 Å². The van der Waals surface area contributed by atoms with E-state index in [-0.39, 0.29) is 10.5 Å². The smallest absolute Gasteiger partial charge is 0.168 e. The first-order valence-corrected chi connectivity index (χ1v) is 7.58. The number of hydrogen-bond donors (Lipinski definition) is 0. The van der Waals surface area contributed by atoms with Crippen LogP contribution in [0.15, 0.2) is 0 Å². The lowest BCUT2D eigenvalue weighted by Crippen LogP contribution is -2.41. The third-order valence-corrected chi connectivity index (χ3v) is 6.34. The van der Waals surface area contributed by atoms with Gasteiger partial charge in [-0.2, -0.15) is 0 Å². The molecule has 1 aliphatic carbocycles. The summed E-state index contributed by atoms with van der Waals surface area (Å²) in [6.07, 6.45) is 2.76. The second kappa shape index (κ2) is 4.27. The molecule has 1 saturated carbocycles. The van der Waals surface area contributed by atoms with Crippen molar-refractivity contribution in [2.75, 3.05) is 13.2 Å². The van der Waals surface area contributed by atoms with Crippen LogP contribution in [0.1, 0.15) is 39.5 Å². The average molecular weight is 248 g/mol. The van der Waals surface area contributed by atoms with Gasteiger partial charge in [-0.1, -0.05) is 0 Å². The normalized spacial score (nSPS) is 26.7. The first-order chi connectivity index (χ1) is 7.46. The van der Waals surface area contributed by atoms with Crippen molar-refractivity contribution in [2.24, 2.45) is 0 Å². The molecule has 0 amide bonds. The fraction of sp³-hybridized carbons (Fsp3) is 1.00. The maximum atomic E-state index is 12.0. The van der Waals surface area contributed by atoms with E-state index in [0.717, 1.165) is 0 Å². The van der Waals surface area contributed by atoms with Crippen LogP contribution in [0.25, 0.3) is 0 Å². The van der Waals surface area contributed by atoms with Crippen molar-refractivity contribution in [1.82, 2.24) is 0 Å². The van der Waals surface area contributed by atoms with Crippen molar-refractivity contribution in [3.05, 3.63) is 0 Å². The van der Waals surface area contributed by atoms with Crippen LogP contribution in [0.2, 0.25) is 0 Å². The lowest BCUT2D eigenvalue weighted by Gasteiger charge is -2.35. The van der Waals surface area contributed by atoms with Crippen LogP contribution in [-0.4, -0.2) is 37.9 Å². The Morgan fingerprint density at radius 2 is 1.62 bits per heavy atom. The molecule has 0 aromatic rings. The molecule has 2 aliphatic rings. The Kier molecular flexibility index (Phi) is 3.29. The summed E-state index contributed by atoms with van der Waals surface area (Å²) in [6.45, 7) is 4.79. The Morgan fingerprint density at radius 3 is 2.06 bits per heavy atom. The molecule has 0 unspecified atom stereocenters. The molecule has 1 heterocycles. The van der Waals surface area contributed by atoms with Gasteiger partial charge in [0.25, 0.3) is 0 Å². The molecule has 0 radical (unpaired) electrons. The lowest BCUT2D eigenvalue weighted by molar-refractivity contribution is -0.176. The Labute approximate surface area is 97.2 Å². The van der Waals surface area contributed by atoms with Gasteiger partial charge in [-0.15, -0.1) is 0 Å². The molecule has 16 heavy (non-hydrogen) atoms. The summed E-state index contributed by atoms with van der Waals surface area (Å²) in [5.74, 6) is -0.455. The summed E-state index contributed by atoms with van der Waals surface area (Å²) in [5.41, 5.74) is 0. The van der Waals surface area contributed by atoms with Crippen molar-refractivity contribution in [1.29, 1.82) is 0 Å². The van der Waals surface area contributed by atoms with Gasteiger partial charge in [0.2, 0.25) is 0 Å². The Hall–Kier alpha value is -0.130. The highest BCUT2D eigenvalue weighted by atomic mass is 32.2. The van der Waals surface area contributed by atoms with Crippen molar-refractivity contribution >= 4 is 9.84 Å². The molecular weight excluding hydrogens is 228 g/mol. The number of hydrogen-bond acceptors (Lipinski definition) is 4. The monoisotopic (exact) mass is 248 g/mol. The van der Waals surface area contributed by atoms with Gasteiger partial charge in [0, 0.05) is 12.8 Å². The van der Waals surface area contributed by atoms with Gasteiger partial charge in [0.15, 0.2) is 15.6 Å². The number of ether oxygens (including phenoxy) is 2. The van der Waals surface area contributed by atoms with E-state index in [4.69, 9.17) is 9.47 Å². The van der Waals surface area contributed by atoms with Crippen LogP contribution in [0.5, 0.6) is 0 Å². The van der Waals surface area contributed by atoms with E-state index in [0.29, 0.717) is 38.9 Å². The highest BCUT2D eigenvalue weighted by molar-refractivity contribution is 7.92. The third kappa shape index (κ3) is 2.13. The van der Waals surface area contributed by atoms with E-state index in [1.807, 2.05) is 0 Å². The maximum Gasteiger partial charge on any atom is 0.168 e. The van der Waals surface area contributed by atoms with E-state index < -0.39 is 15.6 Å². The van der Waals surface area contributed by atoms with Crippen LogP contribution in [0, 0.1) is 0 Å². The zero-order valence-corrected chi connectivity index (χ0v) is 10.8. The molecule has 94 valence electrons. The minimum Gasteiger partial charge on any atom is -0.348 e. The van der Waals surface area contributed by atoms with Gasteiger partial charge < -0.3 is 9.47 Å². The predicted octanol–water partition coefficient (Wildman–Crippen LogP) is 1.50. The molecule has 1 aliphatic heterocycles. The minimum absolute atomic E-state index is 0.203. The summed E-state index contributed by atoms with van der Waals surface area (Å²) in [7, 11) is -2.96. The first-order valence-electron chi connectivity index (χ1n) is 5.97. The average Bonchev–Trinajstić information content (AvgIpc) is 2.67. The molecular formula is C11H20O4S. The molecule has 0 bridgehead atoms. The first kappa shape index (κ1) is 12.3. The molecule has 0 atom stereocenters. The van der Waals surface area contributed by atoms with Crippen molar-refractivity contribution in [3.8, 4) is 0 Å². The van der Waals surface area contributed by atoms with Crippen LogP contribution in [0.4, 0.5) is 0 Å². The van der Waals surface area contributed by atoms with E-state index in [2.05, 4.69) is 0 Å². The molecule has 2 rings (SSSR count). The van der Waals surface area contributed by atoms with Gasteiger partial charge in [-0.3, -0.25) is 0 Å². The molecule has 4 nitrogen and oxygen atoms in total. The van der Waals surface area contributed by atoms with Gasteiger partial charge in [-0.25, -0.2) is 8.42 Å². The van der Waals surface area contributed by atoms with Crippen molar-refractivity contribution in [3.63, 3.8) is 0 Å². The Balaban J connectivity index is 2.00. The molecule has 0 aromatic heterocycles. The van der Waals surface area contributed by atoms with Crippen LogP contribution >= 0.6 is 0 Å². The summed E-state index contributed by atoms with van der Waals surface area (Å²) in [4.78, 5) is 0. The summed E-state index contributed by atoms with van der Waals surface area (Å²) in [5, 5.41) is -0.483. The summed E-state index contributed by atoms with van der Waals surface area (Å²) >= 11 is 0. The SMILES string of the molecule is CC(C)S(=O)(=O)C1CCC2(CC1)OCCO2. The highest BCUT2D eigenvalue weighted by Crippen LogP contribution is 2.38. The number of sulfone groups is 1. The van der Waals surface area contributed by atoms with Crippen LogP contribution in [0.3, 0.4) is 0 Å². The van der Waals surface area contributed by atoms with Crippen molar-refractivity contribution < 1.29 is 17.9 Å².